The Bertz CT molecular complexity index is 189. The van der Waals surface area contributed by atoms with Gasteiger partial charge in [-0.05, 0) is 5.41 Å². The van der Waals surface area contributed by atoms with E-state index in [1.165, 1.54) is 0 Å². The molecule has 4 nitrogen and oxygen atoms in total. The molecule has 0 aromatic rings. The summed E-state index contributed by atoms with van der Waals surface area (Å²) in [6.45, 7) is 5.69. The highest BCUT2D eigenvalue weighted by molar-refractivity contribution is 7.84. The lowest BCUT2D eigenvalue weighted by molar-refractivity contribution is 0.203. The zero-order chi connectivity index (χ0) is 8.41. The van der Waals surface area contributed by atoms with Gasteiger partial charge >= 0.3 is 10.3 Å². The summed E-state index contributed by atoms with van der Waals surface area (Å²) in [4.78, 5) is 0. The number of rotatable bonds is 2. The largest absolute Gasteiger partial charge is 0.333 e. The summed E-state index contributed by atoms with van der Waals surface area (Å²) >= 11 is 0. The molecule has 0 fully saturated rings. The van der Waals surface area contributed by atoms with Crippen molar-refractivity contribution in [2.45, 2.75) is 20.8 Å². The monoisotopic (exact) mass is 167 g/mol. The Kier molecular flexibility index (Phi) is 2.82. The Morgan fingerprint density at radius 3 is 1.90 bits per heavy atom. The van der Waals surface area contributed by atoms with E-state index in [-0.39, 0.29) is 12.0 Å². The molecular formula is C5H13NO3S. The van der Waals surface area contributed by atoms with Gasteiger partial charge in [-0.1, -0.05) is 20.8 Å². The zero-order valence-electron chi connectivity index (χ0n) is 6.42. The Labute approximate surface area is 61.6 Å². The molecular weight excluding hydrogens is 154 g/mol. The second-order valence-electron chi connectivity index (χ2n) is 3.32. The Morgan fingerprint density at radius 1 is 1.40 bits per heavy atom. The van der Waals surface area contributed by atoms with Gasteiger partial charge in [0.1, 0.15) is 0 Å². The molecule has 0 aromatic carbocycles. The van der Waals surface area contributed by atoms with Crippen molar-refractivity contribution in [2.24, 2.45) is 10.6 Å². The third-order valence-electron chi connectivity index (χ3n) is 0.656. The molecule has 0 unspecified atom stereocenters. The first-order valence-corrected chi connectivity index (χ1v) is 4.35. The van der Waals surface area contributed by atoms with E-state index in [9.17, 15) is 8.42 Å². The maximum atomic E-state index is 10.2. The highest BCUT2D eigenvalue weighted by Crippen LogP contribution is 2.13. The van der Waals surface area contributed by atoms with Crippen molar-refractivity contribution < 1.29 is 12.6 Å². The molecule has 0 aliphatic rings. The minimum absolute atomic E-state index is 0.117. The minimum Gasteiger partial charge on any atom is -0.258 e. The van der Waals surface area contributed by atoms with Crippen LogP contribution in [0, 0.1) is 5.41 Å². The van der Waals surface area contributed by atoms with Gasteiger partial charge < -0.3 is 0 Å². The third-order valence-corrected chi connectivity index (χ3v) is 1.10. The normalized spacial score (nSPS) is 13.6. The Hall–Kier alpha value is -0.130. The third kappa shape index (κ3) is 7.87. The highest BCUT2D eigenvalue weighted by atomic mass is 32.2. The molecule has 0 rings (SSSR count). The van der Waals surface area contributed by atoms with E-state index in [4.69, 9.17) is 0 Å². The minimum atomic E-state index is -3.76. The van der Waals surface area contributed by atoms with Gasteiger partial charge in [0.25, 0.3) is 0 Å². The van der Waals surface area contributed by atoms with Crippen LogP contribution in [0.4, 0.5) is 0 Å². The predicted molar refractivity (Wildman–Crippen MR) is 38.5 cm³/mol. The zero-order valence-corrected chi connectivity index (χ0v) is 7.23. The fourth-order valence-electron chi connectivity index (χ4n) is 0.259. The van der Waals surface area contributed by atoms with Crippen LogP contribution in [0.25, 0.3) is 0 Å². The standard InChI is InChI=1S/C5H13NO3S/c1-5(2,3)4-9-10(6,7)8/h4H2,1-3H3,(H2,6,7,8). The summed E-state index contributed by atoms with van der Waals surface area (Å²) in [6, 6.07) is 0. The van der Waals surface area contributed by atoms with Gasteiger partial charge in [0.05, 0.1) is 6.61 Å². The van der Waals surface area contributed by atoms with Crippen LogP contribution in [-0.4, -0.2) is 15.0 Å². The van der Waals surface area contributed by atoms with Crippen molar-refractivity contribution in [3.05, 3.63) is 0 Å². The summed E-state index contributed by atoms with van der Waals surface area (Å²) in [5.74, 6) is 0. The summed E-state index contributed by atoms with van der Waals surface area (Å²) in [7, 11) is -3.76. The smallest absolute Gasteiger partial charge is 0.258 e. The van der Waals surface area contributed by atoms with Crippen LogP contribution in [0.3, 0.4) is 0 Å². The van der Waals surface area contributed by atoms with Gasteiger partial charge in [-0.15, -0.1) is 0 Å². The molecule has 0 bridgehead atoms. The number of hydrogen-bond acceptors (Lipinski definition) is 3. The fraction of sp³-hybridized carbons (Fsp3) is 1.00. The lowest BCUT2D eigenvalue weighted by atomic mass is 9.99. The molecule has 10 heavy (non-hydrogen) atoms. The van der Waals surface area contributed by atoms with Crippen LogP contribution >= 0.6 is 0 Å². The molecule has 0 saturated heterocycles. The average Bonchev–Trinajstić information content (AvgIpc) is 1.57. The summed E-state index contributed by atoms with van der Waals surface area (Å²) < 4.78 is 24.8. The van der Waals surface area contributed by atoms with Crippen LogP contribution < -0.4 is 5.14 Å². The van der Waals surface area contributed by atoms with Gasteiger partial charge in [-0.25, -0.2) is 5.14 Å². The topological polar surface area (TPSA) is 69.4 Å². The van der Waals surface area contributed by atoms with Gasteiger partial charge in [0, 0.05) is 0 Å². The SMILES string of the molecule is CC(C)(C)COS(N)(=O)=O. The molecule has 2 N–H and O–H groups in total. The first-order valence-electron chi connectivity index (χ1n) is 2.88. The van der Waals surface area contributed by atoms with Crippen LogP contribution in [-0.2, 0) is 14.5 Å². The van der Waals surface area contributed by atoms with E-state index < -0.39 is 10.3 Å². The highest BCUT2D eigenvalue weighted by Gasteiger charge is 2.13. The van der Waals surface area contributed by atoms with Gasteiger partial charge in [0.15, 0.2) is 0 Å². The van der Waals surface area contributed by atoms with Crippen molar-refractivity contribution in [1.29, 1.82) is 0 Å². The van der Waals surface area contributed by atoms with E-state index in [1.807, 2.05) is 20.8 Å². The van der Waals surface area contributed by atoms with E-state index in [0.29, 0.717) is 0 Å². The summed E-state index contributed by atoms with van der Waals surface area (Å²) in [6.07, 6.45) is 0. The van der Waals surface area contributed by atoms with E-state index in [2.05, 4.69) is 9.32 Å². The summed E-state index contributed by atoms with van der Waals surface area (Å²) in [5.41, 5.74) is -0.174. The van der Waals surface area contributed by atoms with Gasteiger partial charge in [-0.3, -0.25) is 4.18 Å². The number of hydrogen-bond donors (Lipinski definition) is 1. The van der Waals surface area contributed by atoms with Gasteiger partial charge in [0.2, 0.25) is 0 Å². The first-order chi connectivity index (χ1) is 4.21. The van der Waals surface area contributed by atoms with Crippen molar-refractivity contribution in [3.8, 4) is 0 Å². The second-order valence-corrected chi connectivity index (χ2v) is 4.54. The van der Waals surface area contributed by atoms with E-state index in [1.54, 1.807) is 0 Å². The van der Waals surface area contributed by atoms with Crippen LogP contribution in [0.1, 0.15) is 20.8 Å². The molecule has 0 heterocycles. The molecule has 0 aromatic heterocycles. The molecule has 0 spiro atoms. The quantitative estimate of drug-likeness (QED) is 0.641. The molecule has 0 atom stereocenters. The first kappa shape index (κ1) is 9.87. The average molecular weight is 167 g/mol. The molecule has 0 amide bonds. The Morgan fingerprint density at radius 2 is 1.80 bits per heavy atom. The molecule has 0 radical (unpaired) electrons. The van der Waals surface area contributed by atoms with Gasteiger partial charge in [-0.2, -0.15) is 8.42 Å². The molecule has 62 valence electrons. The Balaban J connectivity index is 3.79. The summed E-state index contributed by atoms with van der Waals surface area (Å²) in [5, 5.41) is 4.59. The van der Waals surface area contributed by atoms with Crippen LogP contribution in [0.2, 0.25) is 0 Å². The van der Waals surface area contributed by atoms with Crippen molar-refractivity contribution >= 4 is 10.3 Å². The molecule has 0 aliphatic heterocycles. The van der Waals surface area contributed by atoms with Crippen molar-refractivity contribution in [2.75, 3.05) is 6.61 Å². The fourth-order valence-corrected chi connectivity index (χ4v) is 0.777. The maximum Gasteiger partial charge on any atom is 0.333 e. The van der Waals surface area contributed by atoms with Crippen molar-refractivity contribution in [1.82, 2.24) is 0 Å². The number of nitrogens with two attached hydrogens (primary N) is 1. The molecule has 5 heteroatoms. The molecule has 0 saturated carbocycles. The van der Waals surface area contributed by atoms with E-state index in [0.717, 1.165) is 0 Å². The predicted octanol–water partition coefficient (Wildman–Crippen LogP) is 0.253. The second kappa shape index (κ2) is 2.86. The van der Waals surface area contributed by atoms with Crippen molar-refractivity contribution in [3.63, 3.8) is 0 Å². The van der Waals surface area contributed by atoms with Crippen LogP contribution in [0.5, 0.6) is 0 Å². The lowest BCUT2D eigenvalue weighted by Gasteiger charge is -2.15. The van der Waals surface area contributed by atoms with E-state index >= 15 is 0 Å². The van der Waals surface area contributed by atoms with Crippen LogP contribution in [0.15, 0.2) is 0 Å². The maximum absolute atomic E-state index is 10.2. The lowest BCUT2D eigenvalue weighted by Crippen LogP contribution is -2.23. The molecule has 0 aliphatic carbocycles.